The summed E-state index contributed by atoms with van der Waals surface area (Å²) in [6.07, 6.45) is 0. The quantitative estimate of drug-likeness (QED) is 0.180. The van der Waals surface area contributed by atoms with E-state index in [9.17, 15) is 14.9 Å². The standard InChI is InChI=1S/C24H26N4O5S2.ClH/c1-5-26(6-2)9-10-27(24-25-17-13-18(32-3)19(33-4)14-21(17)35-24)23(29)22-12-15-11-16(28(30)31)7-8-20(15)34-22;/h7-8,11-14H,5-6,9-10H2,1-4H3;1H. The summed E-state index contributed by atoms with van der Waals surface area (Å²) in [4.78, 5) is 33.7. The van der Waals surface area contributed by atoms with Gasteiger partial charge >= 0.3 is 0 Å². The molecule has 9 nitrogen and oxygen atoms in total. The zero-order valence-electron chi connectivity index (χ0n) is 20.3. The normalized spacial score (nSPS) is 11.0. The lowest BCUT2D eigenvalue weighted by atomic mass is 10.2. The molecule has 4 rings (SSSR count). The van der Waals surface area contributed by atoms with Crippen LogP contribution in [0.15, 0.2) is 36.4 Å². The lowest BCUT2D eigenvalue weighted by Crippen LogP contribution is -2.38. The first-order valence-corrected chi connectivity index (χ1v) is 12.8. The zero-order valence-corrected chi connectivity index (χ0v) is 22.8. The van der Waals surface area contributed by atoms with Gasteiger partial charge < -0.3 is 14.4 Å². The molecule has 1 amide bonds. The number of rotatable bonds is 10. The number of halogens is 1. The molecule has 36 heavy (non-hydrogen) atoms. The summed E-state index contributed by atoms with van der Waals surface area (Å²) in [5, 5.41) is 12.4. The molecule has 0 aliphatic heterocycles. The van der Waals surface area contributed by atoms with Crippen LogP contribution >= 0.6 is 35.1 Å². The van der Waals surface area contributed by atoms with Crippen molar-refractivity contribution >= 4 is 72.1 Å². The van der Waals surface area contributed by atoms with Crippen molar-refractivity contribution in [3.63, 3.8) is 0 Å². The molecule has 0 bridgehead atoms. The molecule has 0 unspecified atom stereocenters. The van der Waals surface area contributed by atoms with Gasteiger partial charge in [0.2, 0.25) is 0 Å². The molecule has 192 valence electrons. The van der Waals surface area contributed by atoms with Gasteiger partial charge in [-0.2, -0.15) is 0 Å². The number of methoxy groups -OCH3 is 2. The molecule has 0 atom stereocenters. The van der Waals surface area contributed by atoms with Crippen LogP contribution in [0.5, 0.6) is 11.5 Å². The largest absolute Gasteiger partial charge is 0.493 e. The third kappa shape index (κ3) is 5.54. The number of nitro groups is 1. The highest BCUT2D eigenvalue weighted by atomic mass is 35.5. The van der Waals surface area contributed by atoms with E-state index in [1.807, 2.05) is 6.07 Å². The highest BCUT2D eigenvalue weighted by Gasteiger charge is 2.24. The Morgan fingerprint density at radius 3 is 2.33 bits per heavy atom. The first-order chi connectivity index (χ1) is 16.9. The van der Waals surface area contributed by atoms with Crippen LogP contribution in [0.1, 0.15) is 23.5 Å². The number of thiophene rings is 1. The molecule has 0 fully saturated rings. The van der Waals surface area contributed by atoms with Crippen LogP contribution in [-0.2, 0) is 0 Å². The van der Waals surface area contributed by atoms with Crippen molar-refractivity contribution in [3.8, 4) is 11.5 Å². The molecule has 12 heteroatoms. The first kappa shape index (κ1) is 27.6. The number of likely N-dealkylation sites (N-methyl/N-ethyl adjacent to an activating group) is 1. The fourth-order valence-corrected chi connectivity index (χ4v) is 5.80. The average Bonchev–Trinajstić information content (AvgIpc) is 3.48. The van der Waals surface area contributed by atoms with Crippen molar-refractivity contribution in [2.24, 2.45) is 0 Å². The number of non-ortho nitro benzene ring substituents is 1. The lowest BCUT2D eigenvalue weighted by molar-refractivity contribution is -0.384. The van der Waals surface area contributed by atoms with Gasteiger partial charge in [-0.1, -0.05) is 25.2 Å². The van der Waals surface area contributed by atoms with Gasteiger partial charge in [-0.3, -0.25) is 19.8 Å². The topological polar surface area (TPSA) is 98.0 Å². The Bertz CT molecular complexity index is 1340. The van der Waals surface area contributed by atoms with Crippen LogP contribution in [0.2, 0.25) is 0 Å². The van der Waals surface area contributed by atoms with Crippen LogP contribution in [-0.4, -0.2) is 61.1 Å². The predicted molar refractivity (Wildman–Crippen MR) is 148 cm³/mol. The van der Waals surface area contributed by atoms with E-state index in [0.29, 0.717) is 40.0 Å². The van der Waals surface area contributed by atoms with E-state index in [-0.39, 0.29) is 24.0 Å². The number of nitro benzene ring substituents is 1. The van der Waals surface area contributed by atoms with Gasteiger partial charge in [-0.25, -0.2) is 4.98 Å². The molecular formula is C24H27ClN4O5S2. The number of hydrogen-bond acceptors (Lipinski definition) is 9. The molecule has 0 radical (unpaired) electrons. The first-order valence-electron chi connectivity index (χ1n) is 11.1. The molecule has 0 saturated heterocycles. The minimum absolute atomic E-state index is 0. The number of nitrogens with zero attached hydrogens (tertiary/aromatic N) is 4. The van der Waals surface area contributed by atoms with Gasteiger partial charge in [-0.05, 0) is 25.2 Å². The third-order valence-electron chi connectivity index (χ3n) is 5.81. The van der Waals surface area contributed by atoms with Crippen LogP contribution < -0.4 is 14.4 Å². The van der Waals surface area contributed by atoms with Crippen molar-refractivity contribution < 1.29 is 19.2 Å². The number of benzene rings is 2. The molecule has 2 heterocycles. The Hall–Kier alpha value is -2.99. The molecule has 2 aromatic carbocycles. The van der Waals surface area contributed by atoms with Gasteiger partial charge in [0.15, 0.2) is 16.6 Å². The number of carbonyl (C=O) groups is 1. The third-order valence-corrected chi connectivity index (χ3v) is 7.96. The Labute approximate surface area is 222 Å². The van der Waals surface area contributed by atoms with Crippen molar-refractivity contribution in [2.45, 2.75) is 13.8 Å². The van der Waals surface area contributed by atoms with Crippen LogP contribution in [0.3, 0.4) is 0 Å². The van der Waals surface area contributed by atoms with Crippen molar-refractivity contribution in [3.05, 3.63) is 51.4 Å². The summed E-state index contributed by atoms with van der Waals surface area (Å²) in [5.74, 6) is 0.991. The Kier molecular flexibility index (Phi) is 9.07. The molecule has 0 saturated carbocycles. The fourth-order valence-electron chi connectivity index (χ4n) is 3.81. The van der Waals surface area contributed by atoms with E-state index < -0.39 is 4.92 Å². The molecule has 4 aromatic rings. The Balaban J connectivity index is 0.00000361. The summed E-state index contributed by atoms with van der Waals surface area (Å²) >= 11 is 2.74. The zero-order chi connectivity index (χ0) is 25.1. The number of aromatic nitrogens is 1. The summed E-state index contributed by atoms with van der Waals surface area (Å²) in [5.41, 5.74) is 0.719. The van der Waals surface area contributed by atoms with Crippen molar-refractivity contribution in [2.75, 3.05) is 45.3 Å². The Morgan fingerprint density at radius 1 is 1.00 bits per heavy atom. The van der Waals surface area contributed by atoms with E-state index in [4.69, 9.17) is 14.5 Å². The van der Waals surface area contributed by atoms with E-state index in [2.05, 4.69) is 18.7 Å². The number of fused-ring (bicyclic) bond motifs is 2. The minimum atomic E-state index is -0.432. The summed E-state index contributed by atoms with van der Waals surface area (Å²) < 4.78 is 12.5. The molecule has 0 spiro atoms. The van der Waals surface area contributed by atoms with Crippen LogP contribution in [0.4, 0.5) is 10.8 Å². The SMILES string of the molecule is CCN(CC)CCN(C(=O)c1cc2cc([N+](=O)[O-])ccc2s1)c1nc2cc(OC)c(OC)cc2s1.Cl. The van der Waals surface area contributed by atoms with Gasteiger partial charge in [0.05, 0.1) is 34.2 Å². The van der Waals surface area contributed by atoms with E-state index in [1.165, 1.54) is 34.8 Å². The van der Waals surface area contributed by atoms with Crippen molar-refractivity contribution in [1.29, 1.82) is 0 Å². The maximum absolute atomic E-state index is 13.7. The average molecular weight is 551 g/mol. The maximum atomic E-state index is 13.7. The number of hydrogen-bond donors (Lipinski definition) is 0. The highest BCUT2D eigenvalue weighted by Crippen LogP contribution is 2.38. The second-order valence-electron chi connectivity index (χ2n) is 7.74. The van der Waals surface area contributed by atoms with Crippen molar-refractivity contribution in [1.82, 2.24) is 9.88 Å². The second kappa shape index (κ2) is 11.8. The highest BCUT2D eigenvalue weighted by molar-refractivity contribution is 7.23. The molecular weight excluding hydrogens is 524 g/mol. The second-order valence-corrected chi connectivity index (χ2v) is 9.84. The minimum Gasteiger partial charge on any atom is -0.493 e. The van der Waals surface area contributed by atoms with Crippen LogP contribution in [0, 0.1) is 10.1 Å². The number of anilines is 1. The van der Waals surface area contributed by atoms with E-state index >= 15 is 0 Å². The number of amides is 1. The van der Waals surface area contributed by atoms with Gasteiger partial charge in [0.25, 0.3) is 11.6 Å². The smallest absolute Gasteiger partial charge is 0.270 e. The van der Waals surface area contributed by atoms with E-state index in [0.717, 1.165) is 28.0 Å². The molecule has 2 aromatic heterocycles. The summed E-state index contributed by atoms with van der Waals surface area (Å²) in [6, 6.07) is 10.0. The van der Waals surface area contributed by atoms with Gasteiger partial charge in [0, 0.05) is 47.4 Å². The summed E-state index contributed by atoms with van der Waals surface area (Å²) in [7, 11) is 3.15. The molecule has 0 aliphatic rings. The van der Waals surface area contributed by atoms with Crippen LogP contribution in [0.25, 0.3) is 20.3 Å². The Morgan fingerprint density at radius 2 is 1.69 bits per heavy atom. The van der Waals surface area contributed by atoms with E-state index in [1.54, 1.807) is 37.3 Å². The number of thiazole rings is 1. The van der Waals surface area contributed by atoms with Gasteiger partial charge in [-0.15, -0.1) is 23.7 Å². The number of carbonyl (C=O) groups excluding carboxylic acids is 1. The lowest BCUT2D eigenvalue weighted by Gasteiger charge is -2.24. The number of ether oxygens (including phenoxy) is 2. The summed E-state index contributed by atoms with van der Waals surface area (Å²) in [6.45, 7) is 7.08. The monoisotopic (exact) mass is 550 g/mol. The maximum Gasteiger partial charge on any atom is 0.270 e. The molecule has 0 N–H and O–H groups in total. The predicted octanol–water partition coefficient (Wildman–Crippen LogP) is 5.85. The fraction of sp³-hybridized carbons (Fsp3) is 0.333. The van der Waals surface area contributed by atoms with Gasteiger partial charge in [0.1, 0.15) is 0 Å². The molecule has 0 aliphatic carbocycles.